The molecule has 0 unspecified atom stereocenters. The van der Waals surface area contributed by atoms with Gasteiger partial charge in [-0.3, -0.25) is 4.79 Å². The highest BCUT2D eigenvalue weighted by atomic mass is 19.1. The van der Waals surface area contributed by atoms with Gasteiger partial charge in [-0.15, -0.1) is 0 Å². The SMILES string of the molecule is CC(C)(CNC(=O)C1(N)CCOCC1)c1ccccc1F. The van der Waals surface area contributed by atoms with Gasteiger partial charge < -0.3 is 15.8 Å². The molecule has 5 heteroatoms. The molecule has 0 aromatic heterocycles. The first kappa shape index (κ1) is 15.9. The molecule has 1 amide bonds. The van der Waals surface area contributed by atoms with E-state index in [0.29, 0.717) is 38.2 Å². The van der Waals surface area contributed by atoms with Gasteiger partial charge in [0, 0.05) is 25.2 Å². The quantitative estimate of drug-likeness (QED) is 0.889. The lowest BCUT2D eigenvalue weighted by molar-refractivity contribution is -0.130. The molecule has 0 saturated carbocycles. The molecule has 2 rings (SSSR count). The third-order valence-corrected chi connectivity index (χ3v) is 4.13. The summed E-state index contributed by atoms with van der Waals surface area (Å²) in [5.41, 5.74) is 5.35. The Morgan fingerprint density at radius 2 is 2.00 bits per heavy atom. The van der Waals surface area contributed by atoms with Crippen LogP contribution in [0.15, 0.2) is 24.3 Å². The van der Waals surface area contributed by atoms with E-state index in [4.69, 9.17) is 10.5 Å². The van der Waals surface area contributed by atoms with Crippen LogP contribution in [0.2, 0.25) is 0 Å². The predicted molar refractivity (Wildman–Crippen MR) is 79.4 cm³/mol. The topological polar surface area (TPSA) is 64.4 Å². The summed E-state index contributed by atoms with van der Waals surface area (Å²) in [6.07, 6.45) is 1.03. The highest BCUT2D eigenvalue weighted by molar-refractivity contribution is 5.86. The van der Waals surface area contributed by atoms with E-state index in [9.17, 15) is 9.18 Å². The van der Waals surface area contributed by atoms with Crippen molar-refractivity contribution in [3.8, 4) is 0 Å². The molecule has 21 heavy (non-hydrogen) atoms. The van der Waals surface area contributed by atoms with Gasteiger partial charge in [-0.05, 0) is 24.5 Å². The van der Waals surface area contributed by atoms with Crippen LogP contribution in [0.1, 0.15) is 32.3 Å². The van der Waals surface area contributed by atoms with E-state index in [-0.39, 0.29) is 11.7 Å². The number of nitrogens with two attached hydrogens (primary N) is 1. The fourth-order valence-corrected chi connectivity index (χ4v) is 2.55. The second kappa shape index (κ2) is 6.12. The van der Waals surface area contributed by atoms with Gasteiger partial charge in [0.05, 0.1) is 5.54 Å². The molecule has 0 aliphatic carbocycles. The predicted octanol–water partition coefficient (Wildman–Crippen LogP) is 1.73. The Hall–Kier alpha value is -1.46. The van der Waals surface area contributed by atoms with Gasteiger partial charge in [0.2, 0.25) is 5.91 Å². The smallest absolute Gasteiger partial charge is 0.240 e. The second-order valence-electron chi connectivity index (χ2n) is 6.31. The van der Waals surface area contributed by atoms with Gasteiger partial charge in [-0.25, -0.2) is 4.39 Å². The number of carbonyl (C=O) groups excluding carboxylic acids is 1. The van der Waals surface area contributed by atoms with Crippen LogP contribution in [0.5, 0.6) is 0 Å². The largest absolute Gasteiger partial charge is 0.381 e. The first-order valence-corrected chi connectivity index (χ1v) is 7.25. The van der Waals surface area contributed by atoms with Crippen molar-refractivity contribution in [3.05, 3.63) is 35.6 Å². The Morgan fingerprint density at radius 1 is 1.38 bits per heavy atom. The molecule has 3 N–H and O–H groups in total. The minimum atomic E-state index is -0.871. The van der Waals surface area contributed by atoms with Gasteiger partial charge in [-0.2, -0.15) is 0 Å². The van der Waals surface area contributed by atoms with Gasteiger partial charge in [0.1, 0.15) is 5.82 Å². The third-order valence-electron chi connectivity index (χ3n) is 4.13. The maximum atomic E-state index is 13.9. The summed E-state index contributed by atoms with van der Waals surface area (Å²) in [6, 6.07) is 6.63. The fourth-order valence-electron chi connectivity index (χ4n) is 2.55. The molecule has 1 aromatic carbocycles. The molecule has 0 spiro atoms. The van der Waals surface area contributed by atoms with Crippen molar-refractivity contribution in [1.82, 2.24) is 5.32 Å². The highest BCUT2D eigenvalue weighted by Crippen LogP contribution is 2.25. The summed E-state index contributed by atoms with van der Waals surface area (Å²) in [7, 11) is 0. The van der Waals surface area contributed by atoms with Crippen LogP contribution >= 0.6 is 0 Å². The lowest BCUT2D eigenvalue weighted by atomic mass is 9.83. The number of ether oxygens (including phenoxy) is 1. The standard InChI is InChI=1S/C16H23FN2O2/c1-15(2,12-5-3-4-6-13(12)17)11-19-14(20)16(18)7-9-21-10-8-16/h3-6H,7-11,18H2,1-2H3,(H,19,20). The van der Waals surface area contributed by atoms with Crippen molar-refractivity contribution in [2.24, 2.45) is 5.73 Å². The van der Waals surface area contributed by atoms with Crippen molar-refractivity contribution < 1.29 is 13.9 Å². The van der Waals surface area contributed by atoms with E-state index in [0.717, 1.165) is 0 Å². The fraction of sp³-hybridized carbons (Fsp3) is 0.562. The van der Waals surface area contributed by atoms with Crippen molar-refractivity contribution in [3.63, 3.8) is 0 Å². The zero-order chi connectivity index (χ0) is 15.5. The molecule has 0 radical (unpaired) electrons. The monoisotopic (exact) mass is 294 g/mol. The zero-order valence-electron chi connectivity index (χ0n) is 12.6. The van der Waals surface area contributed by atoms with Crippen LogP contribution in [0.25, 0.3) is 0 Å². The number of nitrogens with one attached hydrogen (secondary N) is 1. The normalized spacial score (nSPS) is 18.3. The van der Waals surface area contributed by atoms with Crippen molar-refractivity contribution >= 4 is 5.91 Å². The van der Waals surface area contributed by atoms with Gasteiger partial charge in [0.25, 0.3) is 0 Å². The molecule has 4 nitrogen and oxygen atoms in total. The number of amides is 1. The Balaban J connectivity index is 2.01. The number of carbonyl (C=O) groups is 1. The minimum Gasteiger partial charge on any atom is -0.381 e. The molecule has 1 saturated heterocycles. The third kappa shape index (κ3) is 3.60. The number of rotatable bonds is 4. The molecule has 1 aromatic rings. The summed E-state index contributed by atoms with van der Waals surface area (Å²) in [5.74, 6) is -0.444. The maximum absolute atomic E-state index is 13.9. The van der Waals surface area contributed by atoms with Gasteiger partial charge in [0.15, 0.2) is 0 Å². The van der Waals surface area contributed by atoms with Crippen molar-refractivity contribution in [2.75, 3.05) is 19.8 Å². The number of hydrogen-bond donors (Lipinski definition) is 2. The van der Waals surface area contributed by atoms with E-state index in [1.807, 2.05) is 13.8 Å². The van der Waals surface area contributed by atoms with Crippen molar-refractivity contribution in [2.45, 2.75) is 37.6 Å². The van der Waals surface area contributed by atoms with E-state index in [1.54, 1.807) is 18.2 Å². The summed E-state index contributed by atoms with van der Waals surface area (Å²) < 4.78 is 19.1. The Morgan fingerprint density at radius 3 is 2.62 bits per heavy atom. The average molecular weight is 294 g/mol. The highest BCUT2D eigenvalue weighted by Gasteiger charge is 2.36. The minimum absolute atomic E-state index is 0.185. The zero-order valence-corrected chi connectivity index (χ0v) is 12.6. The van der Waals surface area contributed by atoms with E-state index < -0.39 is 11.0 Å². The molecule has 1 aliphatic heterocycles. The average Bonchev–Trinajstić information content (AvgIpc) is 2.46. The molecule has 1 fully saturated rings. The summed E-state index contributed by atoms with van der Waals surface area (Å²) in [4.78, 5) is 12.3. The van der Waals surface area contributed by atoms with E-state index in [1.165, 1.54) is 6.07 Å². The lowest BCUT2D eigenvalue weighted by Gasteiger charge is -2.34. The van der Waals surface area contributed by atoms with Crippen molar-refractivity contribution in [1.29, 1.82) is 0 Å². The summed E-state index contributed by atoms with van der Waals surface area (Å²) in [5, 5.41) is 2.87. The van der Waals surface area contributed by atoms with Gasteiger partial charge >= 0.3 is 0 Å². The van der Waals surface area contributed by atoms with Crippen LogP contribution in [0.3, 0.4) is 0 Å². The number of benzene rings is 1. The molecular weight excluding hydrogens is 271 g/mol. The van der Waals surface area contributed by atoms with E-state index >= 15 is 0 Å². The molecular formula is C16H23FN2O2. The summed E-state index contributed by atoms with van der Waals surface area (Å²) >= 11 is 0. The molecule has 116 valence electrons. The maximum Gasteiger partial charge on any atom is 0.240 e. The first-order valence-electron chi connectivity index (χ1n) is 7.25. The van der Waals surface area contributed by atoms with Crippen LogP contribution in [0, 0.1) is 5.82 Å². The van der Waals surface area contributed by atoms with E-state index in [2.05, 4.69) is 5.32 Å². The Labute approximate surface area is 124 Å². The van der Waals surface area contributed by atoms with Gasteiger partial charge in [-0.1, -0.05) is 32.0 Å². The van der Waals surface area contributed by atoms with Crippen LogP contribution in [-0.2, 0) is 14.9 Å². The number of halogens is 1. The summed E-state index contributed by atoms with van der Waals surface area (Å²) in [6.45, 7) is 5.14. The lowest BCUT2D eigenvalue weighted by Crippen LogP contribution is -2.58. The first-order chi connectivity index (χ1) is 9.85. The molecule has 1 heterocycles. The Bertz CT molecular complexity index is 511. The van der Waals surface area contributed by atoms with Crippen LogP contribution in [-0.4, -0.2) is 31.2 Å². The molecule has 0 atom stereocenters. The number of hydrogen-bond acceptors (Lipinski definition) is 3. The molecule has 0 bridgehead atoms. The van der Waals surface area contributed by atoms with Crippen LogP contribution in [0.4, 0.5) is 4.39 Å². The molecule has 1 aliphatic rings. The van der Waals surface area contributed by atoms with Crippen LogP contribution < -0.4 is 11.1 Å². The second-order valence-corrected chi connectivity index (χ2v) is 6.31. The Kier molecular flexibility index (Phi) is 4.64.